The molecule has 0 nitrogen and oxygen atoms in total. The molecular formula is C20H30Hf. The number of rotatable bonds is 2. The van der Waals surface area contributed by atoms with Gasteiger partial charge in [0.2, 0.25) is 0 Å². The second-order valence-electron chi connectivity index (χ2n) is 7.38. The van der Waals surface area contributed by atoms with Crippen molar-refractivity contribution in [2.75, 3.05) is 0 Å². The van der Waals surface area contributed by atoms with E-state index in [1.54, 1.807) is 44.6 Å². The molecule has 1 heteroatoms. The van der Waals surface area contributed by atoms with E-state index in [2.05, 4.69) is 69.2 Å². The zero-order valence-electron chi connectivity index (χ0n) is 15.5. The molecule has 0 unspecified atom stereocenters. The third kappa shape index (κ3) is 2.18. The zero-order chi connectivity index (χ0) is 16.3. The van der Waals surface area contributed by atoms with Crippen molar-refractivity contribution in [3.63, 3.8) is 0 Å². The second-order valence-corrected chi connectivity index (χ2v) is 15.5. The molecule has 0 saturated heterocycles. The standard InChI is InChI=1S/2C10H15.Hf/c2*1-6-7(2)9(4)10(5)8(6)3;/h2*1-5H3;. The zero-order valence-corrected chi connectivity index (χ0v) is 19.1. The van der Waals surface area contributed by atoms with Crippen molar-refractivity contribution in [1.29, 1.82) is 0 Å². The van der Waals surface area contributed by atoms with E-state index in [0.29, 0.717) is 6.34 Å². The normalized spacial score (nSPS) is 24.7. The Morgan fingerprint density at radius 3 is 0.857 bits per heavy atom. The summed E-state index contributed by atoms with van der Waals surface area (Å²) >= 11 is -1.01. The maximum atomic E-state index is 2.54. The summed E-state index contributed by atoms with van der Waals surface area (Å²) in [6.07, 6.45) is 0. The average molecular weight is 449 g/mol. The van der Waals surface area contributed by atoms with Gasteiger partial charge in [-0.1, -0.05) is 0 Å². The summed E-state index contributed by atoms with van der Waals surface area (Å²) in [7, 11) is 0. The molecule has 0 aromatic heterocycles. The van der Waals surface area contributed by atoms with Gasteiger partial charge in [-0.15, -0.1) is 0 Å². The van der Waals surface area contributed by atoms with Crippen LogP contribution >= 0.6 is 0 Å². The Labute approximate surface area is 142 Å². The molecular weight excluding hydrogens is 419 g/mol. The van der Waals surface area contributed by atoms with E-state index in [4.69, 9.17) is 0 Å². The molecule has 2 aliphatic carbocycles. The van der Waals surface area contributed by atoms with Crippen LogP contribution in [0.25, 0.3) is 0 Å². The van der Waals surface area contributed by atoms with Crippen LogP contribution < -0.4 is 0 Å². The van der Waals surface area contributed by atoms with Crippen LogP contribution in [-0.4, -0.2) is 0 Å². The molecule has 0 amide bonds. The molecule has 0 heterocycles. The van der Waals surface area contributed by atoms with E-state index in [1.165, 1.54) is 0 Å². The number of hydrogen-bond donors (Lipinski definition) is 0. The summed E-state index contributed by atoms with van der Waals surface area (Å²) in [5.41, 5.74) is 12.9. The number of hydrogen-bond acceptors (Lipinski definition) is 0. The fraction of sp³-hybridized carbons (Fsp3) is 0.600. The molecule has 2 rings (SSSR count). The molecule has 0 bridgehead atoms. The van der Waals surface area contributed by atoms with Gasteiger partial charge in [0, 0.05) is 0 Å². The summed E-state index contributed by atoms with van der Waals surface area (Å²) in [5.74, 6) is 0. The minimum atomic E-state index is -1.01. The Morgan fingerprint density at radius 2 is 0.667 bits per heavy atom. The van der Waals surface area contributed by atoms with Gasteiger partial charge in [0.25, 0.3) is 0 Å². The van der Waals surface area contributed by atoms with Crippen LogP contribution in [0.1, 0.15) is 69.2 Å². The van der Waals surface area contributed by atoms with Gasteiger partial charge in [0.05, 0.1) is 0 Å². The van der Waals surface area contributed by atoms with Crippen LogP contribution in [0.4, 0.5) is 0 Å². The van der Waals surface area contributed by atoms with Crippen molar-refractivity contribution in [3.8, 4) is 0 Å². The van der Waals surface area contributed by atoms with E-state index in [-0.39, 0.29) is 0 Å². The maximum absolute atomic E-state index is 2.54. The van der Waals surface area contributed by atoms with Gasteiger partial charge in [0.15, 0.2) is 0 Å². The molecule has 0 fully saturated rings. The first-order valence-corrected chi connectivity index (χ1v) is 11.6. The van der Waals surface area contributed by atoms with Gasteiger partial charge in [-0.2, -0.15) is 0 Å². The van der Waals surface area contributed by atoms with Gasteiger partial charge >= 0.3 is 143 Å². The van der Waals surface area contributed by atoms with E-state index < -0.39 is 22.9 Å². The molecule has 0 atom stereocenters. The Bertz CT molecular complexity index is 531. The van der Waals surface area contributed by atoms with Crippen molar-refractivity contribution >= 4 is 0 Å². The van der Waals surface area contributed by atoms with Crippen LogP contribution in [-0.2, 0) is 22.9 Å². The van der Waals surface area contributed by atoms with Gasteiger partial charge in [-0.25, -0.2) is 0 Å². The van der Waals surface area contributed by atoms with Crippen molar-refractivity contribution in [3.05, 3.63) is 44.6 Å². The first kappa shape index (κ1) is 17.2. The van der Waals surface area contributed by atoms with Gasteiger partial charge in [-0.05, 0) is 0 Å². The van der Waals surface area contributed by atoms with Crippen LogP contribution in [0.2, 0.25) is 6.34 Å². The molecule has 0 aliphatic heterocycles. The molecule has 21 heavy (non-hydrogen) atoms. The van der Waals surface area contributed by atoms with Crippen LogP contribution in [0.5, 0.6) is 0 Å². The van der Waals surface area contributed by atoms with E-state index in [1.807, 2.05) is 0 Å². The average Bonchev–Trinajstić information content (AvgIpc) is 2.67. The van der Waals surface area contributed by atoms with Gasteiger partial charge in [-0.3, -0.25) is 0 Å². The van der Waals surface area contributed by atoms with Crippen molar-refractivity contribution in [2.45, 2.75) is 75.6 Å². The molecule has 0 saturated carbocycles. The summed E-state index contributed by atoms with van der Waals surface area (Å²) in [5, 5.41) is 0. The topological polar surface area (TPSA) is 0 Å². The molecule has 2 aliphatic rings. The summed E-state index contributed by atoms with van der Waals surface area (Å²) < 4.78 is 0.798. The third-order valence-electron chi connectivity index (χ3n) is 6.88. The van der Waals surface area contributed by atoms with Crippen molar-refractivity contribution in [2.24, 2.45) is 0 Å². The Kier molecular flexibility index (Phi) is 4.24. The van der Waals surface area contributed by atoms with Crippen LogP contribution in [0, 0.1) is 0 Å². The molecule has 0 aromatic rings. The Morgan fingerprint density at radius 1 is 0.476 bits per heavy atom. The van der Waals surface area contributed by atoms with Crippen molar-refractivity contribution in [1.82, 2.24) is 0 Å². The third-order valence-corrected chi connectivity index (χ3v) is 15.9. The summed E-state index contributed by atoms with van der Waals surface area (Å²) in [4.78, 5) is 0. The summed E-state index contributed by atoms with van der Waals surface area (Å²) in [6, 6.07) is 0. The molecule has 0 N–H and O–H groups in total. The molecule has 0 aromatic carbocycles. The predicted octanol–water partition coefficient (Wildman–Crippen LogP) is 6.80. The monoisotopic (exact) mass is 450 g/mol. The molecule has 114 valence electrons. The van der Waals surface area contributed by atoms with Crippen molar-refractivity contribution < 1.29 is 22.9 Å². The van der Waals surface area contributed by atoms with Crippen LogP contribution in [0.15, 0.2) is 44.6 Å². The van der Waals surface area contributed by atoms with Gasteiger partial charge in [0.1, 0.15) is 0 Å². The first-order chi connectivity index (χ1) is 9.48. The Balaban J connectivity index is 2.54. The van der Waals surface area contributed by atoms with E-state index >= 15 is 0 Å². The second kappa shape index (κ2) is 5.18. The van der Waals surface area contributed by atoms with E-state index in [9.17, 15) is 0 Å². The quantitative estimate of drug-likeness (QED) is 0.407. The van der Waals surface area contributed by atoms with Gasteiger partial charge < -0.3 is 0 Å². The SMILES string of the molecule is CC1=C(C)[C](C)([Hf][C]2(C)C(C)=C(C)C(C)=C2C)C(C)=C1C. The number of allylic oxidation sites excluding steroid dienone is 8. The fourth-order valence-corrected chi connectivity index (χ4v) is 13.0. The summed E-state index contributed by atoms with van der Waals surface area (Å²) in [6.45, 7) is 23.9. The van der Waals surface area contributed by atoms with Crippen LogP contribution in [0.3, 0.4) is 0 Å². The van der Waals surface area contributed by atoms with E-state index in [0.717, 1.165) is 0 Å². The Hall–Kier alpha value is -0.170. The fourth-order valence-electron chi connectivity index (χ4n) is 4.06. The molecule has 0 spiro atoms. The minimum absolute atomic E-state index is 0.399. The molecule has 0 radical (unpaired) electrons. The first-order valence-electron chi connectivity index (χ1n) is 8.00. The predicted molar refractivity (Wildman–Crippen MR) is 90.2 cm³/mol.